The van der Waals surface area contributed by atoms with E-state index in [1.165, 1.54) is 0 Å². The molecule has 0 aliphatic heterocycles. The maximum Gasteiger partial charge on any atom is 0.336 e. The van der Waals surface area contributed by atoms with E-state index in [4.69, 9.17) is 20.4 Å². The topological polar surface area (TPSA) is 149 Å². The Kier molecular flexibility index (Phi) is 49.7. The van der Waals surface area contributed by atoms with Crippen molar-refractivity contribution in [3.8, 4) is 0 Å². The third kappa shape index (κ3) is 104. The zero-order chi connectivity index (χ0) is 20.0. The van der Waals surface area contributed by atoms with E-state index in [1.807, 2.05) is 0 Å². The molecule has 8 nitrogen and oxygen atoms in total. The van der Waals surface area contributed by atoms with Crippen molar-refractivity contribution < 1.29 is 72.9 Å². The second-order valence-corrected chi connectivity index (χ2v) is 2.75. The van der Waals surface area contributed by atoms with Gasteiger partial charge in [-0.05, 0) is 0 Å². The molecule has 0 fully saturated rings. The van der Waals surface area contributed by atoms with Gasteiger partial charge in [0.15, 0.2) is 0 Å². The van der Waals surface area contributed by atoms with E-state index in [1.54, 1.807) is 0 Å². The Hall–Kier alpha value is -3.04. The molecule has 0 heterocycles. The van der Waals surface area contributed by atoms with Gasteiger partial charge in [-0.25, -0.2) is 19.2 Å². The number of carbonyl (C=O) groups is 4. The van der Waals surface area contributed by atoms with Gasteiger partial charge < -0.3 is 20.4 Å². The summed E-state index contributed by atoms with van der Waals surface area (Å²) in [6, 6.07) is 0. The van der Waals surface area contributed by atoms with E-state index >= 15 is 0 Å². The van der Waals surface area contributed by atoms with Gasteiger partial charge in [-0.1, -0.05) is 26.3 Å². The Morgan fingerprint density at radius 1 is 0.538 bits per heavy atom. The molecule has 0 unspecified atom stereocenters. The molecule has 1 radical (unpaired) electrons. The van der Waals surface area contributed by atoms with Crippen LogP contribution in [0.25, 0.3) is 0 Å². The maximum absolute atomic E-state index is 9.44. The largest absolute Gasteiger partial charge is 0.478 e. The summed E-state index contributed by atoms with van der Waals surface area (Å²) < 4.78 is 0. The summed E-state index contributed by atoms with van der Waals surface area (Å²) in [4.78, 5) is 37.8. The molecule has 0 bridgehead atoms. The van der Waals surface area contributed by atoms with Crippen LogP contribution in [0.15, 0.2) is 73.5 Å². The van der Waals surface area contributed by atoms with Gasteiger partial charge in [-0.2, -0.15) is 0 Å². The van der Waals surface area contributed by atoms with E-state index in [0.29, 0.717) is 0 Å². The fourth-order valence-corrected chi connectivity index (χ4v) is 0.349. The summed E-state index contributed by atoms with van der Waals surface area (Å²) in [5.41, 5.74) is 8.37. The second kappa shape index (κ2) is 33.5. The molecule has 0 spiro atoms. The van der Waals surface area contributed by atoms with Gasteiger partial charge >= 0.3 is 23.9 Å². The Balaban J connectivity index is -0.0000000500. The van der Waals surface area contributed by atoms with Crippen molar-refractivity contribution in [1.29, 1.82) is 0 Å². The van der Waals surface area contributed by atoms with Crippen LogP contribution in [0.3, 0.4) is 0 Å². The molecule has 10 heteroatoms. The van der Waals surface area contributed by atoms with Crippen LogP contribution in [-0.2, 0) is 52.4 Å². The summed E-state index contributed by atoms with van der Waals surface area (Å²) >= 11 is 0. The first-order valence-corrected chi connectivity index (χ1v) is 5.43. The molecule has 4 N–H and O–H groups in total. The average molecular weight is 454 g/mol. The Morgan fingerprint density at radius 3 is 0.654 bits per heavy atom. The Morgan fingerprint density at radius 2 is 0.654 bits per heavy atom. The quantitative estimate of drug-likeness (QED) is 0.285. The molecule has 0 aromatic carbocycles. The van der Waals surface area contributed by atoms with E-state index in [9.17, 15) is 19.2 Å². The van der Waals surface area contributed by atoms with Gasteiger partial charge in [0.25, 0.3) is 0 Å². The zero-order valence-corrected chi connectivity index (χ0v) is 15.2. The Labute approximate surface area is 170 Å². The van der Waals surface area contributed by atoms with Crippen molar-refractivity contribution >= 4 is 23.9 Å². The van der Waals surface area contributed by atoms with Gasteiger partial charge in [0.05, 0.1) is 24.3 Å². The first kappa shape index (κ1) is 38.5. The molecule has 0 aromatic rings. The van der Waals surface area contributed by atoms with Crippen molar-refractivity contribution in [3.05, 3.63) is 73.5 Å². The van der Waals surface area contributed by atoms with Crippen LogP contribution in [0.4, 0.5) is 0 Å². The second-order valence-electron chi connectivity index (χ2n) is 2.75. The zero-order valence-electron chi connectivity index (χ0n) is 13.2. The van der Waals surface area contributed by atoms with Crippen LogP contribution < -0.4 is 0 Å². The average Bonchev–Trinajstić information content (AvgIpc) is 2.39. The summed E-state index contributed by atoms with van der Waals surface area (Å²) in [6.07, 6.45) is 3.39. The Bertz CT molecular complexity index is 517. The number of carboxylic acid groups (broad SMARTS) is 4. The van der Waals surface area contributed by atoms with Gasteiger partial charge in [0, 0.05) is 33.3 Å². The van der Waals surface area contributed by atoms with E-state index in [0.717, 1.165) is 24.3 Å². The molecule has 0 saturated carbocycles. The SMILES string of the molecule is C=C=CC(=O)O.C=C=CC(=O)O.C=C=CC(=O)O.C=C=CC(=O)O.[Co].[Ni]. The normalized spacial score (nSPS) is 5.54. The smallest absolute Gasteiger partial charge is 0.336 e. The van der Waals surface area contributed by atoms with E-state index < -0.39 is 23.9 Å². The van der Waals surface area contributed by atoms with Crippen molar-refractivity contribution in [2.45, 2.75) is 0 Å². The van der Waals surface area contributed by atoms with Gasteiger partial charge in [0.1, 0.15) is 0 Å². The monoisotopic (exact) mass is 453 g/mol. The van der Waals surface area contributed by atoms with Gasteiger partial charge in [0.2, 0.25) is 0 Å². The molecule has 147 valence electrons. The number of carboxylic acids is 4. The molecular weight excluding hydrogens is 438 g/mol. The minimum atomic E-state index is -1.01. The first-order chi connectivity index (χ1) is 11.1. The summed E-state index contributed by atoms with van der Waals surface area (Å²) in [5.74, 6) is -4.04. The van der Waals surface area contributed by atoms with Crippen LogP contribution >= 0.6 is 0 Å². The fourth-order valence-electron chi connectivity index (χ4n) is 0.349. The minimum Gasteiger partial charge on any atom is -0.478 e. The van der Waals surface area contributed by atoms with Crippen LogP contribution in [0.1, 0.15) is 0 Å². The van der Waals surface area contributed by atoms with Crippen LogP contribution in [-0.4, -0.2) is 44.3 Å². The molecule has 0 atom stereocenters. The molecule has 0 aliphatic rings. The van der Waals surface area contributed by atoms with E-state index in [-0.39, 0.29) is 33.3 Å². The predicted molar refractivity (Wildman–Crippen MR) is 85.4 cm³/mol. The van der Waals surface area contributed by atoms with Crippen molar-refractivity contribution in [2.24, 2.45) is 0 Å². The van der Waals surface area contributed by atoms with Crippen molar-refractivity contribution in [2.75, 3.05) is 0 Å². The predicted octanol–water partition coefficient (Wildman–Crippen LogP) is 1.64. The number of hydrogen-bond acceptors (Lipinski definition) is 4. The molecule has 0 amide bonds. The maximum atomic E-state index is 9.44. The molecule has 0 aromatic heterocycles. The third-order valence-corrected chi connectivity index (χ3v) is 0.902. The first-order valence-electron chi connectivity index (χ1n) is 5.43. The standard InChI is InChI=1S/4C4H4O2.Co.Ni/c4*1-2-3-4(5)6;;/h4*3H,1H2,(H,5,6);;. The molecule has 0 rings (SSSR count). The number of rotatable bonds is 4. The third-order valence-electron chi connectivity index (χ3n) is 0.902. The fraction of sp³-hybridized carbons (Fsp3) is 0. The molecular formula is C16H16CoNiO8. The summed E-state index contributed by atoms with van der Waals surface area (Å²) in [6.45, 7) is 12.2. The van der Waals surface area contributed by atoms with Crippen LogP contribution in [0.2, 0.25) is 0 Å². The van der Waals surface area contributed by atoms with Crippen LogP contribution in [0, 0.1) is 0 Å². The molecule has 26 heavy (non-hydrogen) atoms. The number of aliphatic carboxylic acids is 4. The van der Waals surface area contributed by atoms with Crippen molar-refractivity contribution in [3.63, 3.8) is 0 Å². The van der Waals surface area contributed by atoms with Gasteiger partial charge in [-0.3, -0.25) is 0 Å². The van der Waals surface area contributed by atoms with Crippen LogP contribution in [0.5, 0.6) is 0 Å². The molecule has 0 saturated heterocycles. The van der Waals surface area contributed by atoms with E-state index in [2.05, 4.69) is 49.2 Å². The van der Waals surface area contributed by atoms with Gasteiger partial charge in [-0.15, -0.1) is 22.9 Å². The number of hydrogen-bond donors (Lipinski definition) is 4. The minimum absolute atomic E-state index is 0. The summed E-state index contributed by atoms with van der Waals surface area (Å²) in [7, 11) is 0. The van der Waals surface area contributed by atoms with Crippen molar-refractivity contribution in [1.82, 2.24) is 0 Å². The molecule has 0 aliphatic carbocycles. The summed E-state index contributed by atoms with van der Waals surface area (Å²) in [5, 5.41) is 31.0.